The van der Waals surface area contributed by atoms with Gasteiger partial charge in [-0.25, -0.2) is 0 Å². The summed E-state index contributed by atoms with van der Waals surface area (Å²) in [6.45, 7) is 12.2. The van der Waals surface area contributed by atoms with Crippen molar-refractivity contribution in [2.45, 2.75) is 110 Å². The number of nitrogens with zero attached hydrogens (tertiary/aromatic N) is 1. The molecule has 1 saturated heterocycles. The molecule has 4 nitrogen and oxygen atoms in total. The average molecular weight is 468 g/mol. The predicted octanol–water partition coefficient (Wildman–Crippen LogP) is 7.20. The number of likely N-dealkylation sites (tertiary alicyclic amines) is 1. The number of carbonyl (C=O) groups excluding carboxylic acids is 1. The van der Waals surface area contributed by atoms with E-state index in [4.69, 9.17) is 9.47 Å². The molecule has 1 aliphatic carbocycles. The SMILES string of the molecule is CCCCCc1cc(OC(=O)CCCN2CCCCC2)c2c(c1)OC(C)(C)C1CCC(C)=CC21. The number of aryl methyl sites for hydroxylation is 1. The van der Waals surface area contributed by atoms with Crippen LogP contribution in [0.2, 0.25) is 0 Å². The molecule has 4 rings (SSSR count). The van der Waals surface area contributed by atoms with Crippen LogP contribution in [0.1, 0.15) is 109 Å². The van der Waals surface area contributed by atoms with Crippen molar-refractivity contribution in [3.63, 3.8) is 0 Å². The predicted molar refractivity (Wildman–Crippen MR) is 139 cm³/mol. The topological polar surface area (TPSA) is 38.8 Å². The van der Waals surface area contributed by atoms with E-state index in [-0.39, 0.29) is 17.5 Å². The van der Waals surface area contributed by atoms with E-state index >= 15 is 0 Å². The van der Waals surface area contributed by atoms with Crippen LogP contribution in [0.3, 0.4) is 0 Å². The second kappa shape index (κ2) is 11.3. The number of allylic oxidation sites excluding steroid dienone is 2. The van der Waals surface area contributed by atoms with E-state index in [1.807, 2.05) is 0 Å². The van der Waals surface area contributed by atoms with E-state index in [0.29, 0.717) is 12.3 Å². The quantitative estimate of drug-likeness (QED) is 0.167. The van der Waals surface area contributed by atoms with Crippen molar-refractivity contribution in [1.29, 1.82) is 0 Å². The molecule has 0 aromatic heterocycles. The number of piperidine rings is 1. The van der Waals surface area contributed by atoms with E-state index < -0.39 is 0 Å². The Balaban J connectivity index is 1.55. The van der Waals surface area contributed by atoms with E-state index in [9.17, 15) is 4.79 Å². The van der Waals surface area contributed by atoms with Crippen molar-refractivity contribution in [1.82, 2.24) is 4.90 Å². The van der Waals surface area contributed by atoms with E-state index in [2.05, 4.69) is 50.8 Å². The van der Waals surface area contributed by atoms with Crippen molar-refractivity contribution in [2.75, 3.05) is 19.6 Å². The standard InChI is InChI=1S/C30H45NO3/c1-5-6-8-12-23-20-26(33-28(32)13-11-18-31-16-9-7-10-17-31)29-24-19-22(2)14-15-25(24)30(3,4)34-27(29)21-23/h19-21,24-25H,5-18H2,1-4H3. The molecular weight excluding hydrogens is 422 g/mol. The number of hydrogen-bond donors (Lipinski definition) is 0. The fourth-order valence-corrected chi connectivity index (χ4v) is 6.17. The molecule has 3 aliphatic rings. The van der Waals surface area contributed by atoms with Gasteiger partial charge in [0.1, 0.15) is 17.1 Å². The molecule has 188 valence electrons. The highest BCUT2D eigenvalue weighted by Gasteiger charge is 2.45. The number of hydrogen-bond acceptors (Lipinski definition) is 4. The average Bonchev–Trinajstić information content (AvgIpc) is 2.79. The molecule has 2 aliphatic heterocycles. The molecule has 1 aromatic rings. The summed E-state index contributed by atoms with van der Waals surface area (Å²) in [5.74, 6) is 2.19. The highest BCUT2D eigenvalue weighted by atomic mass is 16.5. The van der Waals surface area contributed by atoms with Gasteiger partial charge in [-0.05, 0) is 103 Å². The number of carbonyl (C=O) groups is 1. The largest absolute Gasteiger partial charge is 0.487 e. The van der Waals surface area contributed by atoms with Gasteiger partial charge in [0.15, 0.2) is 0 Å². The lowest BCUT2D eigenvalue weighted by Gasteiger charge is -2.46. The third-order valence-corrected chi connectivity index (χ3v) is 8.11. The minimum absolute atomic E-state index is 0.109. The second-order valence-corrected chi connectivity index (χ2v) is 11.3. The molecule has 34 heavy (non-hydrogen) atoms. The van der Waals surface area contributed by atoms with Crippen molar-refractivity contribution < 1.29 is 14.3 Å². The van der Waals surface area contributed by atoms with Gasteiger partial charge in [-0.1, -0.05) is 37.8 Å². The summed E-state index contributed by atoms with van der Waals surface area (Å²) in [6.07, 6.45) is 14.4. The number of fused-ring (bicyclic) bond motifs is 3. The van der Waals surface area contributed by atoms with Gasteiger partial charge in [-0.3, -0.25) is 4.79 Å². The minimum atomic E-state index is -0.230. The third-order valence-electron chi connectivity index (χ3n) is 8.11. The molecular formula is C30H45NO3. The molecule has 0 radical (unpaired) electrons. The lowest BCUT2D eigenvalue weighted by Crippen LogP contribution is -2.45. The summed E-state index contributed by atoms with van der Waals surface area (Å²) < 4.78 is 12.8. The Morgan fingerprint density at radius 3 is 2.71 bits per heavy atom. The Kier molecular flexibility index (Phi) is 8.39. The summed E-state index contributed by atoms with van der Waals surface area (Å²) in [7, 11) is 0. The number of benzene rings is 1. The fourth-order valence-electron chi connectivity index (χ4n) is 6.17. The van der Waals surface area contributed by atoms with Gasteiger partial charge in [0, 0.05) is 23.8 Å². The molecule has 0 N–H and O–H groups in total. The first kappa shape index (κ1) is 25.3. The van der Waals surface area contributed by atoms with Gasteiger partial charge < -0.3 is 14.4 Å². The zero-order chi connectivity index (χ0) is 24.1. The van der Waals surface area contributed by atoms with Crippen molar-refractivity contribution in [3.05, 3.63) is 34.9 Å². The summed E-state index contributed by atoms with van der Waals surface area (Å²) in [5, 5.41) is 0. The Bertz CT molecular complexity index is 881. The molecule has 0 saturated carbocycles. The number of ether oxygens (including phenoxy) is 2. The maximum absolute atomic E-state index is 13.0. The van der Waals surface area contributed by atoms with Crippen LogP contribution in [-0.2, 0) is 11.2 Å². The summed E-state index contributed by atoms with van der Waals surface area (Å²) >= 11 is 0. The Hall–Kier alpha value is -1.81. The van der Waals surface area contributed by atoms with Gasteiger partial charge >= 0.3 is 5.97 Å². The first-order valence-electron chi connectivity index (χ1n) is 13.8. The number of unbranched alkanes of at least 4 members (excludes halogenated alkanes) is 2. The van der Waals surface area contributed by atoms with Crippen LogP contribution in [0.15, 0.2) is 23.8 Å². The smallest absolute Gasteiger partial charge is 0.311 e. The maximum atomic E-state index is 13.0. The van der Waals surface area contributed by atoms with Gasteiger partial charge in [0.05, 0.1) is 0 Å². The number of esters is 1. The van der Waals surface area contributed by atoms with Crippen LogP contribution >= 0.6 is 0 Å². The molecule has 1 aromatic carbocycles. The zero-order valence-electron chi connectivity index (χ0n) is 22.0. The maximum Gasteiger partial charge on any atom is 0.311 e. The minimum Gasteiger partial charge on any atom is -0.487 e. The van der Waals surface area contributed by atoms with Gasteiger partial charge in [-0.15, -0.1) is 0 Å². The van der Waals surface area contributed by atoms with Gasteiger partial charge in [-0.2, -0.15) is 0 Å². The van der Waals surface area contributed by atoms with Crippen LogP contribution < -0.4 is 9.47 Å². The van der Waals surface area contributed by atoms with Gasteiger partial charge in [0.25, 0.3) is 0 Å². The molecule has 0 bridgehead atoms. The van der Waals surface area contributed by atoms with Crippen molar-refractivity contribution >= 4 is 5.97 Å². The summed E-state index contributed by atoms with van der Waals surface area (Å²) in [5.41, 5.74) is 3.50. The Labute approximate surface area is 207 Å². The number of rotatable bonds is 9. The van der Waals surface area contributed by atoms with Gasteiger partial charge in [0.2, 0.25) is 0 Å². The molecule has 4 heteroatoms. The Morgan fingerprint density at radius 1 is 1.15 bits per heavy atom. The molecule has 0 amide bonds. The fraction of sp³-hybridized carbons (Fsp3) is 0.700. The van der Waals surface area contributed by atoms with Crippen LogP contribution in [0.25, 0.3) is 0 Å². The van der Waals surface area contributed by atoms with Crippen LogP contribution in [0.5, 0.6) is 11.5 Å². The lowest BCUT2D eigenvalue weighted by atomic mass is 9.68. The monoisotopic (exact) mass is 467 g/mol. The van der Waals surface area contributed by atoms with E-state index in [1.54, 1.807) is 0 Å². The summed E-state index contributed by atoms with van der Waals surface area (Å²) in [6, 6.07) is 4.35. The van der Waals surface area contributed by atoms with Crippen molar-refractivity contribution in [2.24, 2.45) is 5.92 Å². The molecule has 2 atom stereocenters. The Morgan fingerprint density at radius 2 is 1.94 bits per heavy atom. The highest BCUT2D eigenvalue weighted by Crippen LogP contribution is 2.53. The lowest BCUT2D eigenvalue weighted by molar-refractivity contribution is -0.134. The molecule has 2 heterocycles. The molecule has 2 unspecified atom stereocenters. The highest BCUT2D eigenvalue weighted by molar-refractivity contribution is 5.74. The first-order chi connectivity index (χ1) is 16.4. The van der Waals surface area contributed by atoms with E-state index in [1.165, 1.54) is 56.3 Å². The summed E-state index contributed by atoms with van der Waals surface area (Å²) in [4.78, 5) is 15.5. The van der Waals surface area contributed by atoms with Crippen LogP contribution in [-0.4, -0.2) is 36.1 Å². The molecule has 1 fully saturated rings. The normalized spacial score (nSPS) is 23.9. The first-order valence-corrected chi connectivity index (χ1v) is 13.8. The van der Waals surface area contributed by atoms with Crippen molar-refractivity contribution in [3.8, 4) is 11.5 Å². The zero-order valence-corrected chi connectivity index (χ0v) is 22.0. The molecule has 0 spiro atoms. The van der Waals surface area contributed by atoms with Crippen LogP contribution in [0.4, 0.5) is 0 Å². The second-order valence-electron chi connectivity index (χ2n) is 11.3. The van der Waals surface area contributed by atoms with E-state index in [0.717, 1.165) is 55.7 Å². The van der Waals surface area contributed by atoms with Crippen LogP contribution in [0, 0.1) is 5.92 Å². The third kappa shape index (κ3) is 6.05.